The number of aryl methyl sites for hydroxylation is 1. The van der Waals surface area contributed by atoms with Gasteiger partial charge in [0.1, 0.15) is 6.54 Å². The summed E-state index contributed by atoms with van der Waals surface area (Å²) in [6, 6.07) is 2.64. The molecule has 164 valence electrons. The Morgan fingerprint density at radius 1 is 1.33 bits per heavy atom. The molecule has 0 radical (unpaired) electrons. The number of nitrogens with one attached hydrogen (secondary N) is 1. The van der Waals surface area contributed by atoms with Crippen molar-refractivity contribution < 1.29 is 4.79 Å². The lowest BCUT2D eigenvalue weighted by Crippen LogP contribution is -2.56. The molecule has 0 spiro atoms. The van der Waals surface area contributed by atoms with Gasteiger partial charge in [-0.05, 0) is 30.4 Å². The van der Waals surface area contributed by atoms with Crippen LogP contribution in [0.2, 0.25) is 0 Å². The molecule has 1 N–H and O–H groups in total. The number of piperazine rings is 1. The maximum absolute atomic E-state index is 12.7. The van der Waals surface area contributed by atoms with Gasteiger partial charge in [0.2, 0.25) is 5.91 Å². The second-order valence-electron chi connectivity index (χ2n) is 7.71. The van der Waals surface area contributed by atoms with E-state index >= 15 is 0 Å². The van der Waals surface area contributed by atoms with Crippen LogP contribution in [0, 0.1) is 0 Å². The van der Waals surface area contributed by atoms with Gasteiger partial charge >= 0.3 is 0 Å². The Labute approximate surface area is 198 Å². The highest BCUT2D eigenvalue weighted by molar-refractivity contribution is 14.0. The van der Waals surface area contributed by atoms with Gasteiger partial charge in [-0.3, -0.25) is 19.4 Å². The van der Waals surface area contributed by atoms with Crippen LogP contribution in [0.1, 0.15) is 17.4 Å². The Kier molecular flexibility index (Phi) is 7.75. The number of carbonyl (C=O) groups is 1. The minimum Gasteiger partial charge on any atom is -0.355 e. The van der Waals surface area contributed by atoms with Crippen molar-refractivity contribution in [1.82, 2.24) is 24.9 Å². The predicted octanol–water partition coefficient (Wildman–Crippen LogP) is 1.77. The van der Waals surface area contributed by atoms with E-state index in [0.29, 0.717) is 19.1 Å². The van der Waals surface area contributed by atoms with Gasteiger partial charge in [-0.25, -0.2) is 0 Å². The van der Waals surface area contributed by atoms with Crippen molar-refractivity contribution in [3.05, 3.63) is 34.3 Å². The standard InChI is InChI=1S/C20H29N7OS.HI/c1-15(25-6-4-18-16(12-25)5-9-29-18)10-22-20(21-2)26-7-8-27(19(28)14-26)17-11-23-24(3)13-17;/h5,9,11,13,15H,4,6-8,10,12,14H2,1-3H3,(H,21,22);1H. The Hall–Kier alpha value is -1.66. The summed E-state index contributed by atoms with van der Waals surface area (Å²) in [5, 5.41) is 9.85. The number of guanidine groups is 1. The van der Waals surface area contributed by atoms with Crippen LogP contribution in [0.25, 0.3) is 0 Å². The van der Waals surface area contributed by atoms with Crippen molar-refractivity contribution in [2.24, 2.45) is 12.0 Å². The Balaban J connectivity index is 0.00000256. The quantitative estimate of drug-likeness (QED) is 0.362. The van der Waals surface area contributed by atoms with Crippen molar-refractivity contribution in [2.75, 3.05) is 44.7 Å². The first kappa shape index (κ1) is 23.0. The van der Waals surface area contributed by atoms with Crippen molar-refractivity contribution in [3.8, 4) is 0 Å². The third-order valence-corrected chi connectivity index (χ3v) is 6.77. The number of fused-ring (bicyclic) bond motifs is 1. The molecule has 1 unspecified atom stereocenters. The van der Waals surface area contributed by atoms with Crippen molar-refractivity contribution in [1.29, 1.82) is 0 Å². The molecule has 0 bridgehead atoms. The zero-order valence-electron chi connectivity index (χ0n) is 17.7. The highest BCUT2D eigenvalue weighted by Gasteiger charge is 2.28. The molecule has 0 saturated carbocycles. The largest absolute Gasteiger partial charge is 0.355 e. The van der Waals surface area contributed by atoms with Crippen LogP contribution in [0.3, 0.4) is 0 Å². The average Bonchev–Trinajstić information content (AvgIpc) is 3.36. The zero-order valence-corrected chi connectivity index (χ0v) is 20.9. The first-order valence-corrected chi connectivity index (χ1v) is 11.0. The van der Waals surface area contributed by atoms with E-state index in [4.69, 9.17) is 0 Å². The molecule has 2 aromatic rings. The van der Waals surface area contributed by atoms with Crippen LogP contribution in [0.4, 0.5) is 5.69 Å². The topological polar surface area (TPSA) is 69.0 Å². The molecular formula is C20H30IN7OS. The van der Waals surface area contributed by atoms with E-state index in [0.717, 1.165) is 44.2 Å². The van der Waals surface area contributed by atoms with Crippen molar-refractivity contribution >= 4 is 52.9 Å². The fourth-order valence-corrected chi connectivity index (χ4v) is 4.91. The van der Waals surface area contributed by atoms with Crippen LogP contribution in [-0.2, 0) is 24.8 Å². The number of rotatable bonds is 4. The van der Waals surface area contributed by atoms with E-state index < -0.39 is 0 Å². The van der Waals surface area contributed by atoms with Gasteiger partial charge in [0, 0.05) is 63.9 Å². The summed E-state index contributed by atoms with van der Waals surface area (Å²) in [7, 11) is 3.64. The van der Waals surface area contributed by atoms with Crippen LogP contribution < -0.4 is 10.2 Å². The molecule has 2 aliphatic heterocycles. The summed E-state index contributed by atoms with van der Waals surface area (Å²) in [5.41, 5.74) is 2.32. The van der Waals surface area contributed by atoms with Gasteiger partial charge in [0.05, 0.1) is 11.9 Å². The van der Waals surface area contributed by atoms with Gasteiger partial charge in [-0.2, -0.15) is 5.10 Å². The van der Waals surface area contributed by atoms with Gasteiger partial charge in [-0.1, -0.05) is 0 Å². The smallest absolute Gasteiger partial charge is 0.246 e. The van der Waals surface area contributed by atoms with Gasteiger partial charge in [0.15, 0.2) is 5.96 Å². The molecule has 1 atom stereocenters. The summed E-state index contributed by atoms with van der Waals surface area (Å²) >= 11 is 1.87. The number of halogens is 1. The number of nitrogens with zero attached hydrogens (tertiary/aromatic N) is 6. The molecule has 2 aromatic heterocycles. The van der Waals surface area contributed by atoms with Gasteiger partial charge in [-0.15, -0.1) is 35.3 Å². The van der Waals surface area contributed by atoms with E-state index in [1.165, 1.54) is 10.4 Å². The lowest BCUT2D eigenvalue weighted by molar-refractivity contribution is -0.120. The normalized spacial score (nSPS) is 18.8. The minimum absolute atomic E-state index is 0. The zero-order chi connectivity index (χ0) is 20.4. The van der Waals surface area contributed by atoms with E-state index in [-0.39, 0.29) is 29.9 Å². The van der Waals surface area contributed by atoms with Crippen molar-refractivity contribution in [2.45, 2.75) is 25.9 Å². The average molecular weight is 543 g/mol. The number of carbonyl (C=O) groups excluding carboxylic acids is 1. The fourth-order valence-electron chi connectivity index (χ4n) is 4.02. The van der Waals surface area contributed by atoms with E-state index in [2.05, 4.69) is 38.7 Å². The predicted molar refractivity (Wildman–Crippen MR) is 132 cm³/mol. The molecule has 1 fully saturated rings. The van der Waals surface area contributed by atoms with E-state index in [9.17, 15) is 4.79 Å². The third-order valence-electron chi connectivity index (χ3n) is 5.75. The van der Waals surface area contributed by atoms with Crippen LogP contribution in [-0.4, -0.2) is 77.3 Å². The number of thiophene rings is 1. The first-order chi connectivity index (χ1) is 14.0. The summed E-state index contributed by atoms with van der Waals surface area (Å²) in [4.78, 5) is 25.0. The molecule has 4 heterocycles. The third kappa shape index (κ3) is 4.97. The summed E-state index contributed by atoms with van der Waals surface area (Å²) < 4.78 is 1.72. The van der Waals surface area contributed by atoms with Crippen LogP contribution in [0.15, 0.2) is 28.8 Å². The highest BCUT2D eigenvalue weighted by Crippen LogP contribution is 2.25. The highest BCUT2D eigenvalue weighted by atomic mass is 127. The maximum Gasteiger partial charge on any atom is 0.246 e. The summed E-state index contributed by atoms with van der Waals surface area (Å²) in [5.74, 6) is 0.866. The Bertz CT molecular complexity index is 895. The number of hydrogen-bond donors (Lipinski definition) is 1. The second-order valence-corrected chi connectivity index (χ2v) is 8.71. The molecule has 8 nitrogen and oxygen atoms in total. The van der Waals surface area contributed by atoms with Crippen molar-refractivity contribution in [3.63, 3.8) is 0 Å². The molecule has 10 heteroatoms. The molecule has 0 aliphatic carbocycles. The van der Waals surface area contributed by atoms with Gasteiger partial charge in [0.25, 0.3) is 0 Å². The SMILES string of the molecule is CN=C(NCC(C)N1CCc2sccc2C1)N1CCN(c2cnn(C)c2)C(=O)C1.I. The second kappa shape index (κ2) is 10.1. The monoisotopic (exact) mass is 543 g/mol. The number of aliphatic imine (C=N–C) groups is 1. The van der Waals surface area contributed by atoms with Crippen LogP contribution in [0.5, 0.6) is 0 Å². The summed E-state index contributed by atoms with van der Waals surface area (Å²) in [6.45, 7) is 6.88. The van der Waals surface area contributed by atoms with Crippen LogP contribution >= 0.6 is 35.3 Å². The lowest BCUT2D eigenvalue weighted by Gasteiger charge is -2.37. The molecule has 4 rings (SSSR count). The molecule has 2 aliphatic rings. The number of aromatic nitrogens is 2. The minimum atomic E-state index is 0. The lowest BCUT2D eigenvalue weighted by atomic mass is 10.1. The molecular weight excluding hydrogens is 513 g/mol. The van der Waals surface area contributed by atoms with E-state index in [1.807, 2.05) is 29.5 Å². The fraction of sp³-hybridized carbons (Fsp3) is 0.550. The van der Waals surface area contributed by atoms with E-state index in [1.54, 1.807) is 22.8 Å². The number of amides is 1. The molecule has 1 saturated heterocycles. The van der Waals surface area contributed by atoms with Gasteiger partial charge < -0.3 is 15.1 Å². The number of anilines is 1. The maximum atomic E-state index is 12.7. The summed E-state index contributed by atoms with van der Waals surface area (Å²) in [6.07, 6.45) is 4.75. The Morgan fingerprint density at radius 3 is 2.87 bits per heavy atom. The Morgan fingerprint density at radius 2 is 2.17 bits per heavy atom. The number of hydrogen-bond acceptors (Lipinski definition) is 5. The molecule has 1 amide bonds. The molecule has 30 heavy (non-hydrogen) atoms. The molecule has 0 aromatic carbocycles. The first-order valence-electron chi connectivity index (χ1n) is 10.1.